The first-order chi connectivity index (χ1) is 5.11. The second kappa shape index (κ2) is 3.32. The summed E-state index contributed by atoms with van der Waals surface area (Å²) in [6.07, 6.45) is 1.21. The fourth-order valence-electron chi connectivity index (χ4n) is 0.988. The Hall–Kier alpha value is -0.410. The lowest BCUT2D eigenvalue weighted by Crippen LogP contribution is -1.98. The predicted octanol–water partition coefficient (Wildman–Crippen LogP) is 2.21. The van der Waals surface area contributed by atoms with Crippen LogP contribution in [0, 0.1) is 6.92 Å². The molecule has 0 aliphatic rings. The van der Waals surface area contributed by atoms with Crippen LogP contribution in [-0.4, -0.2) is 10.1 Å². The van der Waals surface area contributed by atoms with Crippen molar-refractivity contribution in [2.24, 2.45) is 0 Å². The normalized spacial score (nSPS) is 13.1. The zero-order valence-electron chi connectivity index (χ0n) is 6.50. The van der Waals surface area contributed by atoms with E-state index in [2.05, 4.69) is 20.9 Å². The molecule has 1 N–H and O–H groups in total. The van der Waals surface area contributed by atoms with Crippen LogP contribution < -0.4 is 0 Å². The summed E-state index contributed by atoms with van der Waals surface area (Å²) in [6.45, 7) is 3.64. The van der Waals surface area contributed by atoms with E-state index < -0.39 is 6.10 Å². The molecule has 0 aliphatic carbocycles. The summed E-state index contributed by atoms with van der Waals surface area (Å²) in [5.41, 5.74) is 1.75. The topological polar surface area (TPSA) is 33.1 Å². The molecule has 11 heavy (non-hydrogen) atoms. The molecule has 2 nitrogen and oxygen atoms in total. The summed E-state index contributed by atoms with van der Waals surface area (Å²) >= 11 is 3.30. The fourth-order valence-corrected chi connectivity index (χ4v) is 1.43. The summed E-state index contributed by atoms with van der Waals surface area (Å²) < 4.78 is 0.944. The van der Waals surface area contributed by atoms with Crippen LogP contribution in [-0.2, 0) is 0 Å². The van der Waals surface area contributed by atoms with Crippen molar-refractivity contribution in [2.45, 2.75) is 20.0 Å². The van der Waals surface area contributed by atoms with Crippen molar-refractivity contribution >= 4 is 15.9 Å². The molecule has 3 heteroatoms. The van der Waals surface area contributed by atoms with Crippen LogP contribution in [0.25, 0.3) is 0 Å². The Bertz CT molecular complexity index is 260. The predicted molar refractivity (Wildman–Crippen MR) is 47.3 cm³/mol. The minimum atomic E-state index is -0.483. The highest BCUT2D eigenvalue weighted by Crippen LogP contribution is 2.17. The second-order valence-electron chi connectivity index (χ2n) is 2.53. The lowest BCUT2D eigenvalue weighted by molar-refractivity contribution is 0.193. The number of aliphatic hydroxyl groups is 1. The average Bonchev–Trinajstić information content (AvgIpc) is 1.85. The highest BCUT2D eigenvalue weighted by atomic mass is 79.9. The van der Waals surface area contributed by atoms with Crippen LogP contribution >= 0.6 is 15.9 Å². The Morgan fingerprint density at radius 2 is 2.27 bits per heavy atom. The molecule has 1 rings (SSSR count). The molecule has 0 aromatic carbocycles. The molecule has 0 aliphatic heterocycles. The zero-order chi connectivity index (χ0) is 8.43. The summed E-state index contributed by atoms with van der Waals surface area (Å²) in [5, 5.41) is 9.22. The summed E-state index contributed by atoms with van der Waals surface area (Å²) in [4.78, 5) is 4.08. The Labute approximate surface area is 74.4 Å². The van der Waals surface area contributed by atoms with Crippen molar-refractivity contribution in [3.8, 4) is 0 Å². The van der Waals surface area contributed by atoms with E-state index in [-0.39, 0.29) is 0 Å². The van der Waals surface area contributed by atoms with E-state index in [4.69, 9.17) is 0 Å². The van der Waals surface area contributed by atoms with Crippen molar-refractivity contribution in [3.63, 3.8) is 0 Å². The van der Waals surface area contributed by atoms with Gasteiger partial charge >= 0.3 is 0 Å². The lowest BCUT2D eigenvalue weighted by Gasteiger charge is -2.06. The van der Waals surface area contributed by atoms with E-state index >= 15 is 0 Å². The highest BCUT2D eigenvalue weighted by molar-refractivity contribution is 9.10. The number of hydrogen-bond donors (Lipinski definition) is 1. The number of rotatable bonds is 1. The van der Waals surface area contributed by atoms with Gasteiger partial charge in [-0.1, -0.05) is 0 Å². The molecule has 1 aromatic rings. The maximum absolute atomic E-state index is 9.22. The molecule has 0 bridgehead atoms. The van der Waals surface area contributed by atoms with Crippen LogP contribution in [0.15, 0.2) is 16.7 Å². The third kappa shape index (κ3) is 2.01. The van der Waals surface area contributed by atoms with Crippen molar-refractivity contribution in [2.75, 3.05) is 0 Å². The lowest BCUT2D eigenvalue weighted by atomic mass is 10.1. The van der Waals surface area contributed by atoms with Gasteiger partial charge in [-0.3, -0.25) is 4.98 Å². The number of nitrogens with zero attached hydrogens (tertiary/aromatic N) is 1. The zero-order valence-corrected chi connectivity index (χ0v) is 8.09. The minimum absolute atomic E-state index is 0.483. The van der Waals surface area contributed by atoms with Gasteiger partial charge in [0.15, 0.2) is 0 Å². The second-order valence-corrected chi connectivity index (χ2v) is 3.45. The molecule has 1 unspecified atom stereocenters. The van der Waals surface area contributed by atoms with E-state index in [9.17, 15) is 5.11 Å². The average molecular weight is 216 g/mol. The van der Waals surface area contributed by atoms with Crippen LogP contribution in [0.5, 0.6) is 0 Å². The van der Waals surface area contributed by atoms with Gasteiger partial charge in [0.25, 0.3) is 0 Å². The molecular formula is C8H10BrNO. The fraction of sp³-hybridized carbons (Fsp3) is 0.375. The van der Waals surface area contributed by atoms with Gasteiger partial charge < -0.3 is 5.11 Å². The van der Waals surface area contributed by atoms with Crippen LogP contribution in [0.2, 0.25) is 0 Å². The Kier molecular flexibility index (Phi) is 2.62. The van der Waals surface area contributed by atoms with Crippen LogP contribution in [0.3, 0.4) is 0 Å². The van der Waals surface area contributed by atoms with Gasteiger partial charge in [0.1, 0.15) is 0 Å². The maximum Gasteiger partial charge on any atom is 0.0934 e. The molecule has 0 fully saturated rings. The molecule has 1 atom stereocenters. The SMILES string of the molecule is Cc1cc(Br)cnc1C(C)O. The number of aliphatic hydroxyl groups excluding tert-OH is 1. The van der Waals surface area contributed by atoms with Crippen molar-refractivity contribution in [1.82, 2.24) is 4.98 Å². The van der Waals surface area contributed by atoms with Crippen molar-refractivity contribution in [1.29, 1.82) is 0 Å². The Morgan fingerprint density at radius 1 is 1.64 bits per heavy atom. The summed E-state index contributed by atoms with van der Waals surface area (Å²) in [6, 6.07) is 1.94. The van der Waals surface area contributed by atoms with Crippen molar-refractivity contribution < 1.29 is 5.11 Å². The molecule has 0 saturated carbocycles. The van der Waals surface area contributed by atoms with Gasteiger partial charge in [-0.25, -0.2) is 0 Å². The molecule has 1 heterocycles. The Balaban J connectivity index is 3.09. The molecule has 1 aromatic heterocycles. The smallest absolute Gasteiger partial charge is 0.0934 e. The van der Waals surface area contributed by atoms with E-state index in [1.165, 1.54) is 0 Å². The standard InChI is InChI=1S/C8H10BrNO/c1-5-3-7(9)4-10-8(5)6(2)11/h3-4,6,11H,1-2H3. The molecule has 0 radical (unpaired) electrons. The van der Waals surface area contributed by atoms with E-state index in [0.717, 1.165) is 15.7 Å². The van der Waals surface area contributed by atoms with Gasteiger partial charge in [-0.05, 0) is 41.4 Å². The monoisotopic (exact) mass is 215 g/mol. The number of halogens is 1. The maximum atomic E-state index is 9.22. The first-order valence-electron chi connectivity index (χ1n) is 3.41. The van der Waals surface area contributed by atoms with Crippen LogP contribution in [0.1, 0.15) is 24.3 Å². The van der Waals surface area contributed by atoms with Gasteiger partial charge in [-0.15, -0.1) is 0 Å². The van der Waals surface area contributed by atoms with Crippen molar-refractivity contribution in [3.05, 3.63) is 28.0 Å². The van der Waals surface area contributed by atoms with Crippen LogP contribution in [0.4, 0.5) is 0 Å². The molecular weight excluding hydrogens is 206 g/mol. The molecule has 60 valence electrons. The quantitative estimate of drug-likeness (QED) is 0.780. The summed E-state index contributed by atoms with van der Waals surface area (Å²) in [7, 11) is 0. The third-order valence-electron chi connectivity index (χ3n) is 1.48. The molecule has 0 spiro atoms. The van der Waals surface area contributed by atoms with Gasteiger partial charge in [0.05, 0.1) is 11.8 Å². The number of aryl methyl sites for hydroxylation is 1. The first kappa shape index (κ1) is 8.68. The van der Waals surface area contributed by atoms with E-state index in [1.807, 2.05) is 13.0 Å². The van der Waals surface area contributed by atoms with Gasteiger partial charge in [-0.2, -0.15) is 0 Å². The van der Waals surface area contributed by atoms with E-state index in [0.29, 0.717) is 0 Å². The summed E-state index contributed by atoms with van der Waals surface area (Å²) in [5.74, 6) is 0. The molecule has 0 saturated heterocycles. The number of aromatic nitrogens is 1. The molecule has 0 amide bonds. The largest absolute Gasteiger partial charge is 0.387 e. The first-order valence-corrected chi connectivity index (χ1v) is 4.20. The van der Waals surface area contributed by atoms with Gasteiger partial charge in [0.2, 0.25) is 0 Å². The minimum Gasteiger partial charge on any atom is -0.387 e. The Morgan fingerprint density at radius 3 is 2.73 bits per heavy atom. The highest BCUT2D eigenvalue weighted by Gasteiger charge is 2.05. The van der Waals surface area contributed by atoms with Gasteiger partial charge in [0, 0.05) is 10.7 Å². The third-order valence-corrected chi connectivity index (χ3v) is 1.91. The number of pyridine rings is 1. The number of hydrogen-bond acceptors (Lipinski definition) is 2. The van der Waals surface area contributed by atoms with E-state index in [1.54, 1.807) is 13.1 Å².